The molecule has 0 spiro atoms. The number of hydrogen-bond acceptors (Lipinski definition) is 2. The quantitative estimate of drug-likeness (QED) is 0.168. The van der Waals surface area contributed by atoms with Crippen LogP contribution in [0.25, 0.3) is 56.0 Å². The SMILES string of the molecule is Cc1ccc(C2[C-]=Cc3c(-c4ccc5ccccc5c4)cccc32)o1.Cc1ccc(C2[C-]=Cc3c(-c4ccc5ccccc5c4)cccc32)o1.[Zr+2]. The van der Waals surface area contributed by atoms with E-state index in [-0.39, 0.29) is 38.0 Å². The van der Waals surface area contributed by atoms with Crippen LogP contribution in [0.1, 0.15) is 57.1 Å². The van der Waals surface area contributed by atoms with E-state index < -0.39 is 0 Å². The molecule has 6 aromatic carbocycles. The average molecular weight is 734 g/mol. The number of hydrogen-bond donors (Lipinski definition) is 0. The van der Waals surface area contributed by atoms with Gasteiger partial charge in [-0.2, -0.15) is 11.1 Å². The molecule has 2 unspecified atom stereocenters. The first-order valence-electron chi connectivity index (χ1n) is 17.1. The number of furan rings is 2. The van der Waals surface area contributed by atoms with Gasteiger partial charge in [0.1, 0.15) is 11.5 Å². The number of benzene rings is 6. The van der Waals surface area contributed by atoms with Crippen LogP contribution in [-0.2, 0) is 26.2 Å². The van der Waals surface area contributed by atoms with Gasteiger partial charge in [0.15, 0.2) is 0 Å². The molecule has 0 aliphatic heterocycles. The molecule has 2 aliphatic carbocycles. The van der Waals surface area contributed by atoms with E-state index in [1.54, 1.807) is 0 Å². The minimum absolute atomic E-state index is 0. The Balaban J connectivity index is 0.000000144. The molecule has 3 heteroatoms. The van der Waals surface area contributed by atoms with Gasteiger partial charge in [-0.25, -0.2) is 12.2 Å². The second kappa shape index (κ2) is 13.8. The van der Waals surface area contributed by atoms with Gasteiger partial charge in [0.05, 0.1) is 11.5 Å². The Morgan fingerprint density at radius 1 is 0.431 bits per heavy atom. The third kappa shape index (κ3) is 6.22. The van der Waals surface area contributed by atoms with Gasteiger partial charge in [0.2, 0.25) is 0 Å². The molecule has 2 aliphatic rings. The van der Waals surface area contributed by atoms with E-state index in [1.807, 2.05) is 26.0 Å². The topological polar surface area (TPSA) is 26.3 Å². The van der Waals surface area contributed by atoms with E-state index >= 15 is 0 Å². The number of aryl methyl sites for hydroxylation is 2. The first kappa shape index (κ1) is 32.9. The third-order valence-corrected chi connectivity index (χ3v) is 9.90. The molecule has 0 saturated carbocycles. The molecule has 2 atom stereocenters. The van der Waals surface area contributed by atoms with E-state index in [4.69, 9.17) is 8.83 Å². The van der Waals surface area contributed by atoms with Crippen molar-refractivity contribution in [3.8, 4) is 22.3 Å². The Bertz CT molecular complexity index is 2420. The van der Waals surface area contributed by atoms with Crippen LogP contribution >= 0.6 is 0 Å². The summed E-state index contributed by atoms with van der Waals surface area (Å²) in [5.41, 5.74) is 10.0. The third-order valence-electron chi connectivity index (χ3n) is 9.90. The second-order valence-corrected chi connectivity index (χ2v) is 13.1. The summed E-state index contributed by atoms with van der Waals surface area (Å²) in [6.45, 7) is 3.96. The van der Waals surface area contributed by atoms with Crippen LogP contribution in [0.2, 0.25) is 0 Å². The molecule has 0 fully saturated rings. The van der Waals surface area contributed by atoms with Crippen LogP contribution in [0.4, 0.5) is 0 Å². The molecule has 0 saturated heterocycles. The molecule has 51 heavy (non-hydrogen) atoms. The van der Waals surface area contributed by atoms with Gasteiger partial charge in [-0.15, -0.1) is 11.1 Å². The summed E-state index contributed by atoms with van der Waals surface area (Å²) in [6, 6.07) is 51.4. The summed E-state index contributed by atoms with van der Waals surface area (Å²) in [7, 11) is 0. The molecule has 0 bridgehead atoms. The molecule has 2 heterocycles. The average Bonchev–Trinajstić information content (AvgIpc) is 3.98. The van der Waals surface area contributed by atoms with Gasteiger partial charge >= 0.3 is 26.2 Å². The molecule has 2 nitrogen and oxygen atoms in total. The molecule has 2 aromatic heterocycles. The minimum Gasteiger partial charge on any atom is -0.467 e. The largest absolute Gasteiger partial charge is 2.00 e. The predicted molar refractivity (Wildman–Crippen MR) is 205 cm³/mol. The van der Waals surface area contributed by atoms with Crippen molar-refractivity contribution in [2.24, 2.45) is 0 Å². The fraction of sp³-hybridized carbons (Fsp3) is 0.0833. The Hall–Kier alpha value is -5.24. The first-order chi connectivity index (χ1) is 24.6. The van der Waals surface area contributed by atoms with Crippen molar-refractivity contribution in [1.29, 1.82) is 0 Å². The van der Waals surface area contributed by atoms with Crippen molar-refractivity contribution in [2.45, 2.75) is 25.7 Å². The molecule has 0 radical (unpaired) electrons. The molecular formula is C48H34O2Zr. The van der Waals surface area contributed by atoms with E-state index in [9.17, 15) is 0 Å². The maximum absolute atomic E-state index is 5.85. The monoisotopic (exact) mass is 732 g/mol. The zero-order valence-corrected chi connectivity index (χ0v) is 30.9. The Kier molecular flexibility index (Phi) is 8.93. The van der Waals surface area contributed by atoms with Crippen LogP contribution in [0.3, 0.4) is 0 Å². The molecule has 0 N–H and O–H groups in total. The van der Waals surface area contributed by atoms with Gasteiger partial charge in [-0.3, -0.25) is 12.2 Å². The van der Waals surface area contributed by atoms with Crippen molar-refractivity contribution in [3.05, 3.63) is 203 Å². The zero-order chi connectivity index (χ0) is 33.6. The Morgan fingerprint density at radius 2 is 0.863 bits per heavy atom. The molecule has 10 rings (SSSR count). The van der Waals surface area contributed by atoms with Crippen molar-refractivity contribution >= 4 is 33.7 Å². The van der Waals surface area contributed by atoms with Gasteiger partial charge in [0.25, 0.3) is 0 Å². The fourth-order valence-corrected chi connectivity index (χ4v) is 7.41. The zero-order valence-electron chi connectivity index (χ0n) is 28.5. The smallest absolute Gasteiger partial charge is 0.467 e. The van der Waals surface area contributed by atoms with E-state index in [1.165, 1.54) is 66.1 Å². The summed E-state index contributed by atoms with van der Waals surface area (Å²) < 4.78 is 11.7. The van der Waals surface area contributed by atoms with Crippen LogP contribution in [0.15, 0.2) is 154 Å². The van der Waals surface area contributed by atoms with E-state index in [0.29, 0.717) is 0 Å². The van der Waals surface area contributed by atoms with Crippen molar-refractivity contribution in [2.75, 3.05) is 0 Å². The normalized spacial score (nSPS) is 15.3. The Morgan fingerprint density at radius 3 is 1.27 bits per heavy atom. The van der Waals surface area contributed by atoms with Crippen LogP contribution in [-0.4, -0.2) is 0 Å². The Labute approximate surface area is 317 Å². The van der Waals surface area contributed by atoms with Crippen molar-refractivity contribution in [1.82, 2.24) is 0 Å². The summed E-state index contributed by atoms with van der Waals surface area (Å²) >= 11 is 0. The maximum Gasteiger partial charge on any atom is 2.00 e. The van der Waals surface area contributed by atoms with Crippen LogP contribution in [0.5, 0.6) is 0 Å². The standard InChI is InChI=1S/2C24H17O.Zr/c2*1-16-9-14-24(25-16)23-13-12-22-20(7-4-8-21(22)23)19-11-10-17-5-2-3-6-18(17)15-19;/h2*2-12,14-15,23H,1H3;/q2*-1;+2. The van der Waals surface area contributed by atoms with Crippen LogP contribution in [0, 0.1) is 26.0 Å². The molecular weight excluding hydrogens is 700 g/mol. The van der Waals surface area contributed by atoms with E-state index in [0.717, 1.165) is 23.0 Å². The van der Waals surface area contributed by atoms with Gasteiger partial charge in [-0.05, 0) is 94.8 Å². The van der Waals surface area contributed by atoms with Gasteiger partial charge in [0, 0.05) is 0 Å². The summed E-state index contributed by atoms with van der Waals surface area (Å²) in [5.74, 6) is 3.98. The fourth-order valence-electron chi connectivity index (χ4n) is 7.41. The number of rotatable bonds is 4. The van der Waals surface area contributed by atoms with Crippen molar-refractivity contribution in [3.63, 3.8) is 0 Å². The summed E-state index contributed by atoms with van der Waals surface area (Å²) in [5, 5.41) is 5.07. The minimum atomic E-state index is 0. The first-order valence-corrected chi connectivity index (χ1v) is 17.1. The second-order valence-electron chi connectivity index (χ2n) is 13.1. The van der Waals surface area contributed by atoms with Gasteiger partial charge < -0.3 is 8.83 Å². The molecule has 0 amide bonds. The molecule has 242 valence electrons. The summed E-state index contributed by atoms with van der Waals surface area (Å²) in [4.78, 5) is 0. The molecule has 8 aromatic rings. The predicted octanol–water partition coefficient (Wildman–Crippen LogP) is 12.7. The number of allylic oxidation sites excluding steroid dienone is 2. The number of fused-ring (bicyclic) bond motifs is 4. The van der Waals surface area contributed by atoms with E-state index in [2.05, 4.69) is 158 Å². The van der Waals surface area contributed by atoms with Crippen molar-refractivity contribution < 1.29 is 35.0 Å². The maximum atomic E-state index is 5.85. The van der Waals surface area contributed by atoms with Gasteiger partial charge in [-0.1, -0.05) is 120 Å². The van der Waals surface area contributed by atoms with Crippen LogP contribution < -0.4 is 0 Å². The summed E-state index contributed by atoms with van der Waals surface area (Å²) in [6.07, 6.45) is 11.2.